The predicted octanol–water partition coefficient (Wildman–Crippen LogP) is 2.56. The fourth-order valence-corrected chi connectivity index (χ4v) is 4.43. The van der Waals surface area contributed by atoms with E-state index in [9.17, 15) is 36.7 Å². The summed E-state index contributed by atoms with van der Waals surface area (Å²) in [6.45, 7) is -0.773. The summed E-state index contributed by atoms with van der Waals surface area (Å²) in [6.07, 6.45) is 2.49. The zero-order valence-corrected chi connectivity index (χ0v) is 22.6. The number of benzene rings is 2. The van der Waals surface area contributed by atoms with E-state index in [1.165, 1.54) is 4.90 Å². The summed E-state index contributed by atoms with van der Waals surface area (Å²) < 4.78 is 59.0. The number of nitrogens with one attached hydrogen (secondary N) is 1. The maximum atomic E-state index is 13.8. The van der Waals surface area contributed by atoms with Crippen LogP contribution in [0.25, 0.3) is 11.1 Å². The van der Waals surface area contributed by atoms with Crippen LogP contribution in [0.3, 0.4) is 0 Å². The number of amides is 2. The molecule has 0 aliphatic carbocycles. The lowest BCUT2D eigenvalue weighted by molar-refractivity contribution is -0.140. The number of piperazine rings is 1. The second kappa shape index (κ2) is 13.9. The van der Waals surface area contributed by atoms with Crippen molar-refractivity contribution in [1.29, 1.82) is 0 Å². The smallest absolute Gasteiger partial charge is 0.305 e. The molecule has 2 N–H and O–H groups in total. The summed E-state index contributed by atoms with van der Waals surface area (Å²) in [4.78, 5) is 56.6. The second-order valence-electron chi connectivity index (χ2n) is 9.74. The number of Topliss-reactive ketones (excluding diaryl/α,β-unsaturated/α-hetero) is 1. The Morgan fingerprint density at radius 1 is 0.977 bits per heavy atom. The summed E-state index contributed by atoms with van der Waals surface area (Å²) in [7, 11) is 0. The highest BCUT2D eigenvalue weighted by Crippen LogP contribution is 2.26. The Balaban J connectivity index is 1.31. The highest BCUT2D eigenvalue weighted by molar-refractivity contribution is 5.93. The van der Waals surface area contributed by atoms with Crippen LogP contribution in [-0.4, -0.2) is 82.3 Å². The van der Waals surface area contributed by atoms with Crippen LogP contribution in [0.1, 0.15) is 12.0 Å². The number of hydrogen-bond donors (Lipinski definition) is 2. The first-order valence-corrected chi connectivity index (χ1v) is 13.0. The van der Waals surface area contributed by atoms with Crippen LogP contribution in [0.5, 0.6) is 5.75 Å². The third-order valence-corrected chi connectivity index (χ3v) is 6.57. The molecule has 1 aliphatic rings. The number of carboxylic acids is 1. The number of rotatable bonds is 12. The van der Waals surface area contributed by atoms with Crippen LogP contribution in [0.4, 0.5) is 17.6 Å². The molecule has 0 bridgehead atoms. The number of ether oxygens (including phenoxy) is 1. The SMILES string of the molecule is O=C(O)C[C@H](NC(=O)CN1CCN(Cc2cncc(-c3ccccc3)c2)C(=O)C1)C(=O)COc1c(F)c(F)cc(F)c1F. The van der Waals surface area contributed by atoms with E-state index in [4.69, 9.17) is 5.11 Å². The van der Waals surface area contributed by atoms with Gasteiger partial charge in [-0.25, -0.2) is 8.78 Å². The number of carbonyl (C=O) groups is 4. The quantitative estimate of drug-likeness (QED) is 0.239. The molecule has 1 aliphatic heterocycles. The molecule has 4 rings (SSSR count). The summed E-state index contributed by atoms with van der Waals surface area (Å²) in [5.74, 6) is -12.4. The summed E-state index contributed by atoms with van der Waals surface area (Å²) in [5, 5.41) is 11.4. The van der Waals surface area contributed by atoms with Crippen molar-refractivity contribution in [3.63, 3.8) is 0 Å². The van der Waals surface area contributed by atoms with Gasteiger partial charge in [-0.2, -0.15) is 8.78 Å². The molecule has 0 radical (unpaired) electrons. The lowest BCUT2D eigenvalue weighted by Gasteiger charge is -2.34. The van der Waals surface area contributed by atoms with Crippen LogP contribution in [0, 0.1) is 23.3 Å². The number of aromatic nitrogens is 1. The average molecular weight is 603 g/mol. The van der Waals surface area contributed by atoms with Gasteiger partial charge in [0.25, 0.3) is 0 Å². The van der Waals surface area contributed by atoms with Gasteiger partial charge in [-0.15, -0.1) is 0 Å². The summed E-state index contributed by atoms with van der Waals surface area (Å²) >= 11 is 0. The first kappa shape index (κ1) is 31.1. The van der Waals surface area contributed by atoms with Gasteiger partial charge in [0.15, 0.2) is 23.2 Å². The normalized spacial score (nSPS) is 14.3. The van der Waals surface area contributed by atoms with Crippen LogP contribution in [0.15, 0.2) is 54.9 Å². The molecule has 0 saturated carbocycles. The molecule has 2 amide bonds. The van der Waals surface area contributed by atoms with Gasteiger partial charge in [0.05, 0.1) is 19.5 Å². The molecule has 1 saturated heterocycles. The van der Waals surface area contributed by atoms with E-state index < -0.39 is 65.7 Å². The zero-order chi connectivity index (χ0) is 31.1. The molecule has 226 valence electrons. The van der Waals surface area contributed by atoms with Gasteiger partial charge in [0, 0.05) is 43.7 Å². The highest BCUT2D eigenvalue weighted by atomic mass is 19.2. The Labute approximate surface area is 242 Å². The Bertz CT molecular complexity index is 1500. The zero-order valence-electron chi connectivity index (χ0n) is 22.6. The topological polar surface area (TPSA) is 129 Å². The molecule has 10 nitrogen and oxygen atoms in total. The molecular weight excluding hydrogens is 576 g/mol. The summed E-state index contributed by atoms with van der Waals surface area (Å²) in [5.41, 5.74) is 2.70. The molecule has 0 spiro atoms. The van der Waals surface area contributed by atoms with E-state index in [2.05, 4.69) is 15.0 Å². The monoisotopic (exact) mass is 602 g/mol. The Morgan fingerprint density at radius 2 is 1.67 bits per heavy atom. The highest BCUT2D eigenvalue weighted by Gasteiger charge is 2.29. The first-order chi connectivity index (χ1) is 20.5. The van der Waals surface area contributed by atoms with Gasteiger partial charge in [-0.1, -0.05) is 30.3 Å². The summed E-state index contributed by atoms with van der Waals surface area (Å²) in [6, 6.07) is 9.82. The van der Waals surface area contributed by atoms with Crippen molar-refractivity contribution in [1.82, 2.24) is 20.1 Å². The number of ketones is 1. The van der Waals surface area contributed by atoms with Crippen molar-refractivity contribution < 1.29 is 46.6 Å². The van der Waals surface area contributed by atoms with Gasteiger partial charge in [0.1, 0.15) is 12.6 Å². The number of pyridine rings is 1. The largest absolute Gasteiger partial charge is 0.481 e. The third kappa shape index (κ3) is 8.13. The molecule has 1 atom stereocenters. The van der Waals surface area contributed by atoms with Gasteiger partial charge < -0.3 is 20.1 Å². The Kier molecular flexibility index (Phi) is 10.0. The Morgan fingerprint density at radius 3 is 2.33 bits per heavy atom. The van der Waals surface area contributed by atoms with E-state index >= 15 is 0 Å². The lowest BCUT2D eigenvalue weighted by atomic mass is 10.1. The molecule has 1 aromatic heterocycles. The van der Waals surface area contributed by atoms with E-state index in [0.717, 1.165) is 16.7 Å². The number of carbonyl (C=O) groups excluding carboxylic acids is 3. The van der Waals surface area contributed by atoms with Crippen molar-refractivity contribution in [2.45, 2.75) is 19.0 Å². The predicted molar refractivity (Wildman–Crippen MR) is 142 cm³/mol. The average Bonchev–Trinajstić information content (AvgIpc) is 2.97. The maximum Gasteiger partial charge on any atom is 0.305 e. The van der Waals surface area contributed by atoms with Gasteiger partial charge >= 0.3 is 5.97 Å². The van der Waals surface area contributed by atoms with E-state index in [0.29, 0.717) is 13.1 Å². The fourth-order valence-electron chi connectivity index (χ4n) is 4.43. The number of halogens is 4. The minimum Gasteiger partial charge on any atom is -0.481 e. The van der Waals surface area contributed by atoms with E-state index in [1.807, 2.05) is 36.4 Å². The molecule has 14 heteroatoms. The van der Waals surface area contributed by atoms with Crippen LogP contribution in [-0.2, 0) is 25.7 Å². The van der Waals surface area contributed by atoms with Gasteiger partial charge in [-0.3, -0.25) is 29.1 Å². The molecule has 3 aromatic rings. The Hall–Kier alpha value is -4.85. The van der Waals surface area contributed by atoms with Gasteiger partial charge in [0.2, 0.25) is 23.4 Å². The minimum absolute atomic E-state index is 0.0436. The standard InChI is InChI=1S/C29H26F4N4O6/c30-20-9-21(31)28(33)29(27(20)32)43-16-23(38)22(10-26(41)42)35-24(39)14-36-6-7-37(25(40)15-36)13-17-8-19(12-34-11-17)18-4-2-1-3-5-18/h1-5,8-9,11-12,22H,6-7,10,13-16H2,(H,35,39)(H,41,42)/t22-/m0/s1. The number of carboxylic acid groups (broad SMARTS) is 1. The molecule has 0 unspecified atom stereocenters. The van der Waals surface area contributed by atoms with E-state index in [1.54, 1.807) is 17.3 Å². The minimum atomic E-state index is -1.88. The first-order valence-electron chi connectivity index (χ1n) is 13.0. The van der Waals surface area contributed by atoms with Crippen molar-refractivity contribution in [3.05, 3.63) is 83.7 Å². The number of nitrogens with zero attached hydrogens (tertiary/aromatic N) is 3. The maximum absolute atomic E-state index is 13.8. The fraction of sp³-hybridized carbons (Fsp3) is 0.276. The van der Waals surface area contributed by atoms with Crippen molar-refractivity contribution >= 4 is 23.6 Å². The molecule has 2 aromatic carbocycles. The third-order valence-electron chi connectivity index (χ3n) is 6.57. The molecule has 2 heterocycles. The lowest BCUT2D eigenvalue weighted by Crippen LogP contribution is -2.54. The number of aliphatic carboxylic acids is 1. The van der Waals surface area contributed by atoms with Crippen molar-refractivity contribution in [2.24, 2.45) is 0 Å². The van der Waals surface area contributed by atoms with Crippen molar-refractivity contribution in [3.8, 4) is 16.9 Å². The molecule has 43 heavy (non-hydrogen) atoms. The second-order valence-corrected chi connectivity index (χ2v) is 9.74. The van der Waals surface area contributed by atoms with Gasteiger partial charge in [-0.05, 0) is 17.2 Å². The van der Waals surface area contributed by atoms with Crippen LogP contribution in [0.2, 0.25) is 0 Å². The number of hydrogen-bond acceptors (Lipinski definition) is 7. The van der Waals surface area contributed by atoms with Crippen molar-refractivity contribution in [2.75, 3.05) is 32.8 Å². The van der Waals surface area contributed by atoms with Crippen LogP contribution >= 0.6 is 0 Å². The molecule has 1 fully saturated rings. The van der Waals surface area contributed by atoms with Crippen LogP contribution < -0.4 is 10.1 Å². The van der Waals surface area contributed by atoms with E-state index in [-0.39, 0.29) is 31.6 Å². The molecular formula is C29H26F4N4O6.